The zero-order valence-electron chi connectivity index (χ0n) is 5.82. The first-order valence-corrected chi connectivity index (χ1v) is 4.69. The first-order chi connectivity index (χ1) is 4.84. The maximum Gasteiger partial charge on any atom is 0.120 e. The Bertz CT molecular complexity index is 116. The predicted molar refractivity (Wildman–Crippen MR) is 42.1 cm³/mol. The van der Waals surface area contributed by atoms with Crippen LogP contribution in [-0.4, -0.2) is 29.0 Å². The molecule has 1 fully saturated rings. The van der Waals surface area contributed by atoms with Crippen LogP contribution in [0, 0.1) is 5.92 Å². The molecule has 2 nitrogen and oxygen atoms in total. The van der Waals surface area contributed by atoms with Gasteiger partial charge in [0.1, 0.15) is 6.29 Å². The van der Waals surface area contributed by atoms with Crippen molar-refractivity contribution in [1.82, 2.24) is 0 Å². The fraction of sp³-hybridized carbons (Fsp3) is 0.857. The van der Waals surface area contributed by atoms with Crippen molar-refractivity contribution in [3.63, 3.8) is 0 Å². The number of carbonyl (C=O) groups is 1. The van der Waals surface area contributed by atoms with Gasteiger partial charge in [0, 0.05) is 12.2 Å². The third kappa shape index (κ3) is 1.99. The number of carbonyl (C=O) groups excluding carboxylic acids is 1. The monoisotopic (exact) mass is 160 g/mol. The van der Waals surface area contributed by atoms with Crippen LogP contribution < -0.4 is 0 Å². The summed E-state index contributed by atoms with van der Waals surface area (Å²) in [5, 5.41) is 9.32. The Morgan fingerprint density at radius 3 is 3.10 bits per heavy atom. The third-order valence-corrected chi connectivity index (χ3v) is 2.97. The highest BCUT2D eigenvalue weighted by Gasteiger charge is 2.22. The molecule has 3 heteroatoms. The fourth-order valence-corrected chi connectivity index (χ4v) is 2.32. The van der Waals surface area contributed by atoms with Crippen LogP contribution >= 0.6 is 11.8 Å². The van der Waals surface area contributed by atoms with Crippen LogP contribution in [-0.2, 0) is 4.79 Å². The molecule has 10 heavy (non-hydrogen) atoms. The van der Waals surface area contributed by atoms with Gasteiger partial charge in [0.2, 0.25) is 0 Å². The number of aliphatic hydroxyl groups is 1. The molecule has 1 aliphatic heterocycles. The van der Waals surface area contributed by atoms with E-state index in [0.29, 0.717) is 6.42 Å². The molecule has 1 heterocycles. The molecule has 0 bridgehead atoms. The van der Waals surface area contributed by atoms with E-state index < -0.39 is 0 Å². The van der Waals surface area contributed by atoms with Gasteiger partial charge in [-0.05, 0) is 18.1 Å². The van der Waals surface area contributed by atoms with E-state index in [1.165, 1.54) is 0 Å². The van der Waals surface area contributed by atoms with Crippen LogP contribution in [0.4, 0.5) is 0 Å². The Hall–Kier alpha value is -0.0200. The largest absolute Gasteiger partial charge is 0.392 e. The molecular formula is C7H12O2S. The SMILES string of the molecule is O=CCC1CCSCC1O. The molecule has 2 unspecified atom stereocenters. The second-order valence-electron chi connectivity index (χ2n) is 2.59. The van der Waals surface area contributed by atoms with E-state index in [0.717, 1.165) is 24.2 Å². The lowest BCUT2D eigenvalue weighted by Gasteiger charge is -2.25. The van der Waals surface area contributed by atoms with Gasteiger partial charge in [0.05, 0.1) is 6.10 Å². The smallest absolute Gasteiger partial charge is 0.120 e. The van der Waals surface area contributed by atoms with E-state index in [1.54, 1.807) is 11.8 Å². The van der Waals surface area contributed by atoms with Crippen molar-refractivity contribution in [1.29, 1.82) is 0 Å². The molecule has 0 amide bonds. The third-order valence-electron chi connectivity index (χ3n) is 1.86. The zero-order valence-corrected chi connectivity index (χ0v) is 6.64. The normalized spacial score (nSPS) is 33.7. The van der Waals surface area contributed by atoms with E-state index in [9.17, 15) is 9.90 Å². The second-order valence-corrected chi connectivity index (χ2v) is 3.74. The minimum absolute atomic E-state index is 0.235. The summed E-state index contributed by atoms with van der Waals surface area (Å²) in [6, 6.07) is 0. The standard InChI is InChI=1S/C7H12O2S/c8-3-1-6-2-4-10-5-7(6)9/h3,6-7,9H,1-2,4-5H2. The molecule has 0 aliphatic carbocycles. The molecule has 1 rings (SSSR count). The van der Waals surface area contributed by atoms with Crippen molar-refractivity contribution in [2.75, 3.05) is 11.5 Å². The Morgan fingerprint density at radius 1 is 1.70 bits per heavy atom. The van der Waals surface area contributed by atoms with Crippen LogP contribution in [0.15, 0.2) is 0 Å². The van der Waals surface area contributed by atoms with E-state index in [1.807, 2.05) is 0 Å². The Morgan fingerprint density at radius 2 is 2.50 bits per heavy atom. The van der Waals surface area contributed by atoms with Crippen LogP contribution in [0.5, 0.6) is 0 Å². The van der Waals surface area contributed by atoms with Gasteiger partial charge >= 0.3 is 0 Å². The molecule has 2 atom stereocenters. The molecular weight excluding hydrogens is 148 g/mol. The molecule has 0 radical (unpaired) electrons. The van der Waals surface area contributed by atoms with E-state index in [-0.39, 0.29) is 12.0 Å². The van der Waals surface area contributed by atoms with E-state index in [4.69, 9.17) is 0 Å². The average molecular weight is 160 g/mol. The minimum Gasteiger partial charge on any atom is -0.392 e. The maximum absolute atomic E-state index is 10.1. The van der Waals surface area contributed by atoms with Crippen LogP contribution in [0.25, 0.3) is 0 Å². The fourth-order valence-electron chi connectivity index (χ4n) is 1.17. The van der Waals surface area contributed by atoms with Gasteiger partial charge in [-0.1, -0.05) is 0 Å². The van der Waals surface area contributed by atoms with Gasteiger partial charge in [-0.25, -0.2) is 0 Å². The summed E-state index contributed by atoms with van der Waals surface area (Å²) in [5.74, 6) is 2.13. The second kappa shape index (κ2) is 3.98. The Kier molecular flexibility index (Phi) is 3.22. The highest BCUT2D eigenvalue weighted by molar-refractivity contribution is 7.99. The minimum atomic E-state index is -0.246. The highest BCUT2D eigenvalue weighted by atomic mass is 32.2. The topological polar surface area (TPSA) is 37.3 Å². The number of rotatable bonds is 2. The van der Waals surface area contributed by atoms with Crippen LogP contribution in [0.2, 0.25) is 0 Å². The van der Waals surface area contributed by atoms with Crippen molar-refractivity contribution in [3.8, 4) is 0 Å². The first-order valence-electron chi connectivity index (χ1n) is 3.54. The predicted octanol–water partition coefficient (Wildman–Crippen LogP) is 0.689. The van der Waals surface area contributed by atoms with Crippen LogP contribution in [0.1, 0.15) is 12.8 Å². The first kappa shape index (κ1) is 8.08. The van der Waals surface area contributed by atoms with Gasteiger partial charge in [0.25, 0.3) is 0 Å². The van der Waals surface area contributed by atoms with Gasteiger partial charge in [-0.3, -0.25) is 0 Å². The highest BCUT2D eigenvalue weighted by Crippen LogP contribution is 2.24. The molecule has 1 N–H and O–H groups in total. The molecule has 1 aliphatic rings. The van der Waals surface area contributed by atoms with Crippen molar-refractivity contribution < 1.29 is 9.90 Å². The summed E-state index contributed by atoms with van der Waals surface area (Å²) >= 11 is 1.77. The lowest BCUT2D eigenvalue weighted by molar-refractivity contribution is -0.109. The Balaban J connectivity index is 2.32. The van der Waals surface area contributed by atoms with Crippen molar-refractivity contribution >= 4 is 18.0 Å². The Labute approximate surface area is 65.0 Å². The number of thioether (sulfide) groups is 1. The van der Waals surface area contributed by atoms with Gasteiger partial charge in [-0.15, -0.1) is 0 Å². The number of aliphatic hydroxyl groups excluding tert-OH is 1. The van der Waals surface area contributed by atoms with Gasteiger partial charge < -0.3 is 9.90 Å². The molecule has 0 aromatic rings. The molecule has 0 spiro atoms. The van der Waals surface area contributed by atoms with Crippen LogP contribution in [0.3, 0.4) is 0 Å². The van der Waals surface area contributed by atoms with E-state index >= 15 is 0 Å². The number of hydrogen-bond donors (Lipinski definition) is 1. The summed E-state index contributed by atoms with van der Waals surface area (Å²) in [7, 11) is 0. The summed E-state index contributed by atoms with van der Waals surface area (Å²) < 4.78 is 0. The van der Waals surface area contributed by atoms with Crippen molar-refractivity contribution in [2.24, 2.45) is 5.92 Å². The zero-order chi connectivity index (χ0) is 7.40. The molecule has 1 saturated heterocycles. The van der Waals surface area contributed by atoms with Crippen molar-refractivity contribution in [3.05, 3.63) is 0 Å². The van der Waals surface area contributed by atoms with Gasteiger partial charge in [0.15, 0.2) is 0 Å². The van der Waals surface area contributed by atoms with Crippen molar-refractivity contribution in [2.45, 2.75) is 18.9 Å². The quantitative estimate of drug-likeness (QED) is 0.604. The molecule has 0 saturated carbocycles. The summed E-state index contributed by atoms with van der Waals surface area (Å²) in [6.07, 6.45) is 2.18. The number of hydrogen-bond acceptors (Lipinski definition) is 3. The van der Waals surface area contributed by atoms with E-state index in [2.05, 4.69) is 0 Å². The molecule has 0 aromatic carbocycles. The molecule has 0 aromatic heterocycles. The lowest BCUT2D eigenvalue weighted by Crippen LogP contribution is -2.27. The summed E-state index contributed by atoms with van der Waals surface area (Å²) in [4.78, 5) is 10.1. The average Bonchev–Trinajstić information content (AvgIpc) is 1.94. The summed E-state index contributed by atoms with van der Waals surface area (Å²) in [5.41, 5.74) is 0. The lowest BCUT2D eigenvalue weighted by atomic mass is 9.97. The maximum atomic E-state index is 10.1. The molecule has 58 valence electrons. The number of aldehydes is 1. The van der Waals surface area contributed by atoms with Gasteiger partial charge in [-0.2, -0.15) is 11.8 Å². The summed E-state index contributed by atoms with van der Waals surface area (Å²) in [6.45, 7) is 0.